The van der Waals surface area contributed by atoms with Gasteiger partial charge in [0.1, 0.15) is 11.6 Å². The Kier molecular flexibility index (Phi) is 5.77. The summed E-state index contributed by atoms with van der Waals surface area (Å²) in [5.74, 6) is 2.38. The Bertz CT molecular complexity index is 1080. The maximum Gasteiger partial charge on any atom is 0.221 e. The second kappa shape index (κ2) is 8.83. The van der Waals surface area contributed by atoms with Crippen LogP contribution in [-0.4, -0.2) is 35.0 Å². The molecular weight excluding hydrogens is 408 g/mol. The number of rotatable bonds is 9. The molecule has 5 nitrogen and oxygen atoms in total. The first-order valence-corrected chi connectivity index (χ1v) is 11.6. The summed E-state index contributed by atoms with van der Waals surface area (Å²) >= 11 is 6.27. The number of halogens is 1. The second-order valence-corrected chi connectivity index (χ2v) is 9.09. The number of carbonyl (C=O) groups excluding carboxylic acids is 1. The lowest BCUT2D eigenvalue weighted by atomic mass is 10.1. The monoisotopic (exact) mass is 434 g/mol. The molecule has 1 aromatic heterocycles. The van der Waals surface area contributed by atoms with E-state index in [4.69, 9.17) is 21.6 Å². The van der Waals surface area contributed by atoms with Crippen molar-refractivity contribution in [2.75, 3.05) is 18.0 Å². The van der Waals surface area contributed by atoms with Gasteiger partial charge < -0.3 is 10.2 Å². The van der Waals surface area contributed by atoms with Gasteiger partial charge in [-0.2, -0.15) is 0 Å². The number of benzene rings is 2. The smallest absolute Gasteiger partial charge is 0.221 e. The van der Waals surface area contributed by atoms with Gasteiger partial charge in [-0.15, -0.1) is 0 Å². The molecule has 1 amide bonds. The first kappa shape index (κ1) is 20.3. The van der Waals surface area contributed by atoms with Crippen LogP contribution >= 0.6 is 11.6 Å². The van der Waals surface area contributed by atoms with Gasteiger partial charge in [0.15, 0.2) is 0 Å². The minimum atomic E-state index is 0.121. The highest BCUT2D eigenvalue weighted by atomic mass is 35.5. The largest absolute Gasteiger partial charge is 0.355 e. The second-order valence-electron chi connectivity index (χ2n) is 8.66. The Morgan fingerprint density at radius 3 is 2.58 bits per heavy atom. The third-order valence-electron chi connectivity index (χ3n) is 5.96. The van der Waals surface area contributed by atoms with Crippen LogP contribution in [0.25, 0.3) is 10.9 Å². The predicted octanol–water partition coefficient (Wildman–Crippen LogP) is 4.88. The van der Waals surface area contributed by atoms with Gasteiger partial charge in [0.05, 0.1) is 5.52 Å². The summed E-state index contributed by atoms with van der Waals surface area (Å²) in [5.41, 5.74) is 2.16. The zero-order chi connectivity index (χ0) is 21.2. The number of anilines is 1. The van der Waals surface area contributed by atoms with Crippen molar-refractivity contribution in [1.29, 1.82) is 0 Å². The molecule has 2 aliphatic rings. The van der Waals surface area contributed by atoms with Crippen molar-refractivity contribution in [3.05, 3.63) is 64.9 Å². The highest BCUT2D eigenvalue weighted by molar-refractivity contribution is 6.31. The average molecular weight is 435 g/mol. The zero-order valence-corrected chi connectivity index (χ0v) is 18.3. The van der Waals surface area contributed by atoms with Crippen LogP contribution in [-0.2, 0) is 11.2 Å². The van der Waals surface area contributed by atoms with E-state index < -0.39 is 0 Å². The van der Waals surface area contributed by atoms with Gasteiger partial charge in [-0.05, 0) is 55.9 Å². The van der Waals surface area contributed by atoms with Crippen molar-refractivity contribution < 1.29 is 4.79 Å². The molecule has 6 heteroatoms. The average Bonchev–Trinajstić information content (AvgIpc) is 3.68. The number of aromatic nitrogens is 2. The van der Waals surface area contributed by atoms with Crippen LogP contribution in [0.2, 0.25) is 5.02 Å². The van der Waals surface area contributed by atoms with Gasteiger partial charge in [-0.1, -0.05) is 41.9 Å². The van der Waals surface area contributed by atoms with E-state index in [0.717, 1.165) is 61.2 Å². The molecule has 0 aliphatic heterocycles. The Morgan fingerprint density at radius 2 is 1.84 bits per heavy atom. The molecule has 0 bridgehead atoms. The van der Waals surface area contributed by atoms with Gasteiger partial charge in [0.25, 0.3) is 0 Å². The molecule has 1 N–H and O–H groups in total. The minimum Gasteiger partial charge on any atom is -0.355 e. The lowest BCUT2D eigenvalue weighted by molar-refractivity contribution is -0.121. The topological polar surface area (TPSA) is 58.1 Å². The van der Waals surface area contributed by atoms with Gasteiger partial charge >= 0.3 is 0 Å². The van der Waals surface area contributed by atoms with Crippen LogP contribution < -0.4 is 10.2 Å². The summed E-state index contributed by atoms with van der Waals surface area (Å²) in [7, 11) is 0. The van der Waals surface area contributed by atoms with E-state index in [9.17, 15) is 4.79 Å². The number of amides is 1. The van der Waals surface area contributed by atoms with Gasteiger partial charge in [-0.3, -0.25) is 4.79 Å². The minimum absolute atomic E-state index is 0.121. The molecule has 0 unspecified atom stereocenters. The van der Waals surface area contributed by atoms with Gasteiger partial charge in [0, 0.05) is 41.9 Å². The van der Waals surface area contributed by atoms with Crippen molar-refractivity contribution in [2.24, 2.45) is 0 Å². The standard InChI is InChI=1S/C25H27ClN4O/c26-19-8-11-21-22(16-19)28-24(18-6-7-18)29-25(21)30(14-12-17-4-2-1-3-5-17)15-13-23(31)27-20-9-10-20/h1-5,8,11,16,18,20H,6-7,9-10,12-15H2,(H,27,31). The number of hydrogen-bond donors (Lipinski definition) is 1. The highest BCUT2D eigenvalue weighted by Gasteiger charge is 2.29. The molecule has 5 rings (SSSR count). The number of hydrogen-bond acceptors (Lipinski definition) is 4. The van der Waals surface area contributed by atoms with Crippen LogP contribution in [0.5, 0.6) is 0 Å². The number of nitrogens with zero attached hydrogens (tertiary/aromatic N) is 3. The van der Waals surface area contributed by atoms with Crippen LogP contribution in [0.4, 0.5) is 5.82 Å². The Labute approximate surface area is 187 Å². The maximum absolute atomic E-state index is 12.4. The van der Waals surface area contributed by atoms with E-state index in [1.807, 2.05) is 24.3 Å². The Balaban J connectivity index is 1.44. The summed E-state index contributed by atoms with van der Waals surface area (Å²) in [6.45, 7) is 1.42. The quantitative estimate of drug-likeness (QED) is 0.521. The number of fused-ring (bicyclic) bond motifs is 1. The van der Waals surface area contributed by atoms with Crippen LogP contribution in [0, 0.1) is 0 Å². The summed E-state index contributed by atoms with van der Waals surface area (Å²) < 4.78 is 0. The van der Waals surface area contributed by atoms with Crippen molar-refractivity contribution >= 4 is 34.2 Å². The molecule has 2 aromatic carbocycles. The van der Waals surface area contributed by atoms with E-state index in [0.29, 0.717) is 29.9 Å². The zero-order valence-electron chi connectivity index (χ0n) is 17.6. The first-order chi connectivity index (χ1) is 15.2. The fourth-order valence-electron chi connectivity index (χ4n) is 3.87. The molecule has 0 saturated heterocycles. The number of carbonyl (C=O) groups is 1. The summed E-state index contributed by atoms with van der Waals surface area (Å²) in [4.78, 5) is 24.5. The summed E-state index contributed by atoms with van der Waals surface area (Å²) in [6, 6.07) is 16.7. The van der Waals surface area contributed by atoms with Crippen molar-refractivity contribution in [3.63, 3.8) is 0 Å². The van der Waals surface area contributed by atoms with E-state index in [2.05, 4.69) is 34.5 Å². The van der Waals surface area contributed by atoms with Crippen molar-refractivity contribution in [3.8, 4) is 0 Å². The van der Waals surface area contributed by atoms with Crippen LogP contribution in [0.15, 0.2) is 48.5 Å². The molecule has 0 atom stereocenters. The highest BCUT2D eigenvalue weighted by Crippen LogP contribution is 2.40. The third kappa shape index (κ3) is 5.16. The molecule has 2 fully saturated rings. The van der Waals surface area contributed by atoms with Gasteiger partial charge in [-0.25, -0.2) is 9.97 Å². The van der Waals surface area contributed by atoms with E-state index >= 15 is 0 Å². The summed E-state index contributed by atoms with van der Waals surface area (Å²) in [5, 5.41) is 4.77. The SMILES string of the molecule is O=C(CCN(CCc1ccccc1)c1nc(C2CC2)nc2cc(Cl)ccc12)NC1CC1. The molecule has 3 aromatic rings. The molecule has 2 aliphatic carbocycles. The molecule has 1 heterocycles. The molecule has 0 spiro atoms. The normalized spacial score (nSPS) is 15.8. The Hall–Kier alpha value is -2.66. The molecular formula is C25H27ClN4O. The van der Waals surface area contributed by atoms with E-state index in [-0.39, 0.29) is 5.91 Å². The lowest BCUT2D eigenvalue weighted by Gasteiger charge is -2.25. The van der Waals surface area contributed by atoms with Crippen molar-refractivity contribution in [2.45, 2.75) is 50.5 Å². The third-order valence-corrected chi connectivity index (χ3v) is 6.20. The van der Waals surface area contributed by atoms with Crippen LogP contribution in [0.3, 0.4) is 0 Å². The van der Waals surface area contributed by atoms with Gasteiger partial charge in [0.2, 0.25) is 5.91 Å². The van der Waals surface area contributed by atoms with E-state index in [1.165, 1.54) is 5.56 Å². The van der Waals surface area contributed by atoms with Crippen LogP contribution in [0.1, 0.15) is 49.4 Å². The Morgan fingerprint density at radius 1 is 1.03 bits per heavy atom. The van der Waals surface area contributed by atoms with E-state index in [1.54, 1.807) is 0 Å². The fraction of sp³-hybridized carbons (Fsp3) is 0.400. The maximum atomic E-state index is 12.4. The molecule has 31 heavy (non-hydrogen) atoms. The molecule has 0 radical (unpaired) electrons. The molecule has 160 valence electrons. The fourth-order valence-corrected chi connectivity index (χ4v) is 4.03. The molecule has 2 saturated carbocycles. The predicted molar refractivity (Wildman–Crippen MR) is 125 cm³/mol. The summed E-state index contributed by atoms with van der Waals surface area (Å²) in [6.07, 6.45) is 5.84. The first-order valence-electron chi connectivity index (χ1n) is 11.2. The lowest BCUT2D eigenvalue weighted by Crippen LogP contribution is -2.33. The van der Waals surface area contributed by atoms with Crippen molar-refractivity contribution in [1.82, 2.24) is 15.3 Å². The number of nitrogens with one attached hydrogen (secondary N) is 1.